The van der Waals surface area contributed by atoms with Crippen LogP contribution in [0.15, 0.2) is 18.2 Å². The van der Waals surface area contributed by atoms with Crippen LogP contribution in [-0.2, 0) is 6.42 Å². The van der Waals surface area contributed by atoms with Crippen molar-refractivity contribution in [3.05, 3.63) is 34.9 Å². The van der Waals surface area contributed by atoms with E-state index in [4.69, 9.17) is 5.26 Å². The van der Waals surface area contributed by atoms with E-state index in [1.807, 2.05) is 19.1 Å². The molecule has 0 saturated carbocycles. The van der Waals surface area contributed by atoms with Crippen LogP contribution >= 0.6 is 0 Å². The highest BCUT2D eigenvalue weighted by molar-refractivity contribution is 5.42. The zero-order valence-corrected chi connectivity index (χ0v) is 9.83. The summed E-state index contributed by atoms with van der Waals surface area (Å²) in [6.45, 7) is 4.12. The van der Waals surface area contributed by atoms with Gasteiger partial charge in [0.05, 0.1) is 12.2 Å². The highest BCUT2D eigenvalue weighted by Gasteiger charge is 2.41. The van der Waals surface area contributed by atoms with Crippen molar-refractivity contribution in [3.8, 4) is 6.07 Å². The lowest BCUT2D eigenvalue weighted by atomic mass is 9.80. The topological polar surface area (TPSA) is 44.0 Å². The molecule has 0 amide bonds. The van der Waals surface area contributed by atoms with Gasteiger partial charge in [0, 0.05) is 11.8 Å². The summed E-state index contributed by atoms with van der Waals surface area (Å²) in [6, 6.07) is 8.34. The molecule has 1 N–H and O–H groups in total. The first-order valence-electron chi connectivity index (χ1n) is 5.72. The first kappa shape index (κ1) is 11.2. The minimum atomic E-state index is -0.419. The van der Waals surface area contributed by atoms with Gasteiger partial charge in [-0.1, -0.05) is 25.1 Å². The molecule has 0 radical (unpaired) electrons. The van der Waals surface area contributed by atoms with Gasteiger partial charge in [-0.25, -0.2) is 0 Å². The Bertz CT molecular complexity index is 447. The summed E-state index contributed by atoms with van der Waals surface area (Å²) in [6.07, 6.45) is 1.74. The second-order valence-electron chi connectivity index (χ2n) is 5.04. The molecule has 0 spiro atoms. The van der Waals surface area contributed by atoms with E-state index < -0.39 is 6.10 Å². The molecule has 16 heavy (non-hydrogen) atoms. The molecular formula is C14H17NO. The van der Waals surface area contributed by atoms with Gasteiger partial charge >= 0.3 is 0 Å². The van der Waals surface area contributed by atoms with E-state index in [0.29, 0.717) is 6.42 Å². The third kappa shape index (κ3) is 1.62. The average Bonchev–Trinajstić information content (AvgIpc) is 2.50. The molecule has 1 aromatic carbocycles. The molecule has 1 aromatic rings. The van der Waals surface area contributed by atoms with E-state index in [2.05, 4.69) is 19.1 Å². The summed E-state index contributed by atoms with van der Waals surface area (Å²) in [5.74, 6) is 0. The van der Waals surface area contributed by atoms with Crippen LogP contribution in [0.2, 0.25) is 0 Å². The Labute approximate surface area is 96.5 Å². The average molecular weight is 215 g/mol. The first-order valence-corrected chi connectivity index (χ1v) is 5.72. The summed E-state index contributed by atoms with van der Waals surface area (Å²) in [7, 11) is 0. The predicted octanol–water partition coefficient (Wildman–Crippen LogP) is 2.89. The zero-order valence-electron chi connectivity index (χ0n) is 9.83. The van der Waals surface area contributed by atoms with Crippen LogP contribution in [0.1, 0.15) is 42.6 Å². The Balaban J connectivity index is 2.34. The van der Waals surface area contributed by atoms with Crippen molar-refractivity contribution in [1.29, 1.82) is 5.26 Å². The minimum Gasteiger partial charge on any atom is -0.388 e. The van der Waals surface area contributed by atoms with Gasteiger partial charge in [-0.2, -0.15) is 5.26 Å². The van der Waals surface area contributed by atoms with E-state index in [1.165, 1.54) is 5.56 Å². The van der Waals surface area contributed by atoms with Crippen molar-refractivity contribution in [1.82, 2.24) is 0 Å². The Morgan fingerprint density at radius 3 is 2.94 bits per heavy atom. The van der Waals surface area contributed by atoms with E-state index in [-0.39, 0.29) is 5.41 Å². The van der Waals surface area contributed by atoms with E-state index in [1.54, 1.807) is 0 Å². The van der Waals surface area contributed by atoms with Crippen molar-refractivity contribution in [2.75, 3.05) is 0 Å². The molecule has 0 heterocycles. The number of aryl methyl sites for hydroxylation is 1. The lowest BCUT2D eigenvalue weighted by molar-refractivity contribution is 0.0467. The van der Waals surface area contributed by atoms with Gasteiger partial charge < -0.3 is 5.11 Å². The molecular weight excluding hydrogens is 198 g/mol. The maximum atomic E-state index is 10.4. The smallest absolute Gasteiger partial charge is 0.0852 e. The fraction of sp³-hybridized carbons (Fsp3) is 0.500. The fourth-order valence-corrected chi connectivity index (χ4v) is 2.73. The number of fused-ring (bicyclic) bond motifs is 1. The van der Waals surface area contributed by atoms with Crippen LogP contribution in [0.5, 0.6) is 0 Å². The van der Waals surface area contributed by atoms with Crippen LogP contribution in [0.25, 0.3) is 0 Å². The number of nitriles is 1. The maximum absolute atomic E-state index is 10.4. The summed E-state index contributed by atoms with van der Waals surface area (Å²) < 4.78 is 0. The highest BCUT2D eigenvalue weighted by atomic mass is 16.3. The lowest BCUT2D eigenvalue weighted by Crippen LogP contribution is -2.22. The molecule has 2 unspecified atom stereocenters. The molecule has 2 nitrogen and oxygen atoms in total. The van der Waals surface area contributed by atoms with Crippen molar-refractivity contribution >= 4 is 0 Å². The highest BCUT2D eigenvalue weighted by Crippen LogP contribution is 2.49. The van der Waals surface area contributed by atoms with Crippen LogP contribution in [0.4, 0.5) is 0 Å². The van der Waals surface area contributed by atoms with Crippen molar-refractivity contribution in [3.63, 3.8) is 0 Å². The number of hydrogen-bond acceptors (Lipinski definition) is 2. The van der Waals surface area contributed by atoms with Crippen molar-refractivity contribution in [2.24, 2.45) is 5.41 Å². The number of hydrogen-bond donors (Lipinski definition) is 1. The zero-order chi connectivity index (χ0) is 11.8. The van der Waals surface area contributed by atoms with Crippen LogP contribution in [-0.4, -0.2) is 5.11 Å². The largest absolute Gasteiger partial charge is 0.388 e. The number of nitrogens with zero attached hydrogens (tertiary/aromatic N) is 1. The molecule has 0 aromatic heterocycles. The molecule has 2 heteroatoms. The molecule has 0 bridgehead atoms. The second-order valence-corrected chi connectivity index (χ2v) is 5.04. The predicted molar refractivity (Wildman–Crippen MR) is 62.8 cm³/mol. The molecule has 84 valence electrons. The maximum Gasteiger partial charge on any atom is 0.0852 e. The molecule has 1 aliphatic rings. The summed E-state index contributed by atoms with van der Waals surface area (Å²) in [4.78, 5) is 0. The van der Waals surface area contributed by atoms with Gasteiger partial charge in [-0.05, 0) is 36.5 Å². The molecule has 1 aliphatic carbocycles. The van der Waals surface area contributed by atoms with E-state index in [0.717, 1.165) is 24.0 Å². The van der Waals surface area contributed by atoms with Gasteiger partial charge in [0.25, 0.3) is 0 Å². The molecule has 0 saturated heterocycles. The standard InChI is InChI=1S/C14H17NO/c1-10-5-3-6-11-9-14(2,7-4-8-15)13(16)12(10)11/h3,5-6,13,16H,4,7,9H2,1-2H3. The third-order valence-corrected chi connectivity index (χ3v) is 3.75. The van der Waals surface area contributed by atoms with Crippen LogP contribution < -0.4 is 0 Å². The normalized spacial score (nSPS) is 27.5. The number of rotatable bonds is 2. The van der Waals surface area contributed by atoms with Gasteiger partial charge in [-0.15, -0.1) is 0 Å². The second kappa shape index (κ2) is 3.92. The summed E-state index contributed by atoms with van der Waals surface area (Å²) >= 11 is 0. The number of aliphatic hydroxyl groups excluding tert-OH is 1. The van der Waals surface area contributed by atoms with E-state index >= 15 is 0 Å². The van der Waals surface area contributed by atoms with Gasteiger partial charge in [0.15, 0.2) is 0 Å². The van der Waals surface area contributed by atoms with Gasteiger partial charge in [0.2, 0.25) is 0 Å². The Kier molecular flexibility index (Phi) is 2.73. The van der Waals surface area contributed by atoms with Crippen LogP contribution in [0.3, 0.4) is 0 Å². The quantitative estimate of drug-likeness (QED) is 0.824. The Morgan fingerprint density at radius 2 is 2.31 bits per heavy atom. The van der Waals surface area contributed by atoms with Crippen molar-refractivity contribution in [2.45, 2.75) is 39.2 Å². The molecule has 2 rings (SSSR count). The van der Waals surface area contributed by atoms with E-state index in [9.17, 15) is 5.11 Å². The monoisotopic (exact) mass is 215 g/mol. The lowest BCUT2D eigenvalue weighted by Gasteiger charge is -2.27. The molecule has 2 atom stereocenters. The molecule has 0 aliphatic heterocycles. The third-order valence-electron chi connectivity index (χ3n) is 3.75. The Morgan fingerprint density at radius 1 is 1.56 bits per heavy atom. The van der Waals surface area contributed by atoms with Gasteiger partial charge in [0.1, 0.15) is 0 Å². The number of benzene rings is 1. The SMILES string of the molecule is Cc1cccc2c1C(O)C(C)(CCC#N)C2. The summed E-state index contributed by atoms with van der Waals surface area (Å²) in [5.41, 5.74) is 3.33. The molecule has 0 fully saturated rings. The van der Waals surface area contributed by atoms with Gasteiger partial charge in [-0.3, -0.25) is 0 Å². The minimum absolute atomic E-state index is 0.163. The number of aliphatic hydroxyl groups is 1. The fourth-order valence-electron chi connectivity index (χ4n) is 2.73. The summed E-state index contributed by atoms with van der Waals surface area (Å²) in [5, 5.41) is 19.1. The first-order chi connectivity index (χ1) is 7.58. The van der Waals surface area contributed by atoms with Crippen LogP contribution in [0, 0.1) is 23.7 Å². The van der Waals surface area contributed by atoms with Crippen molar-refractivity contribution < 1.29 is 5.11 Å². The Hall–Kier alpha value is -1.33.